The van der Waals surface area contributed by atoms with Crippen molar-refractivity contribution >= 4 is 11.3 Å². The number of pyridine rings is 1. The lowest BCUT2D eigenvalue weighted by Crippen LogP contribution is -2.26. The van der Waals surface area contributed by atoms with E-state index in [2.05, 4.69) is 5.10 Å². The van der Waals surface area contributed by atoms with Gasteiger partial charge in [-0.15, -0.1) is 0 Å². The summed E-state index contributed by atoms with van der Waals surface area (Å²) < 4.78 is 3.06. The minimum absolute atomic E-state index is 0.00472. The van der Waals surface area contributed by atoms with E-state index < -0.39 is 0 Å². The van der Waals surface area contributed by atoms with Gasteiger partial charge in [0.05, 0.1) is 16.8 Å². The molecule has 0 saturated carbocycles. The van der Waals surface area contributed by atoms with Crippen molar-refractivity contribution in [2.45, 2.75) is 26.8 Å². The third kappa shape index (κ3) is 3.87. The number of hydrogen-bond donors (Lipinski definition) is 0. The molecule has 0 aliphatic heterocycles. The van der Waals surface area contributed by atoms with Gasteiger partial charge in [0.1, 0.15) is 12.2 Å². The fourth-order valence-corrected chi connectivity index (χ4v) is 3.43. The topological polar surface area (TPSA) is 69.3 Å². The zero-order chi connectivity index (χ0) is 20.4. The molecule has 0 fully saturated rings. The quantitative estimate of drug-likeness (QED) is 0.505. The summed E-state index contributed by atoms with van der Waals surface area (Å²) in [5, 5.41) is 9.26. The van der Waals surface area contributed by atoms with E-state index in [9.17, 15) is 9.59 Å². The fourth-order valence-electron chi connectivity index (χ4n) is 3.43. The van der Waals surface area contributed by atoms with Crippen LogP contribution in [0.25, 0.3) is 28.0 Å². The van der Waals surface area contributed by atoms with Crippen LogP contribution in [-0.2, 0) is 11.3 Å². The Kier molecular flexibility index (Phi) is 5.08. The first-order valence-corrected chi connectivity index (χ1v) is 9.66. The molecule has 4 aromatic rings. The van der Waals surface area contributed by atoms with Crippen LogP contribution in [0, 0.1) is 5.92 Å². The van der Waals surface area contributed by atoms with E-state index in [0.717, 1.165) is 22.3 Å². The van der Waals surface area contributed by atoms with E-state index in [1.54, 1.807) is 10.6 Å². The zero-order valence-electron chi connectivity index (χ0n) is 16.4. The highest BCUT2D eigenvalue weighted by molar-refractivity contribution is 5.90. The van der Waals surface area contributed by atoms with Gasteiger partial charge in [0.15, 0.2) is 5.78 Å². The molecule has 0 atom stereocenters. The van der Waals surface area contributed by atoms with Crippen LogP contribution < -0.4 is 5.56 Å². The first kappa shape index (κ1) is 18.8. The zero-order valence-corrected chi connectivity index (χ0v) is 16.4. The first-order valence-electron chi connectivity index (χ1n) is 9.66. The van der Waals surface area contributed by atoms with Crippen LogP contribution in [0.4, 0.5) is 0 Å². The summed E-state index contributed by atoms with van der Waals surface area (Å²) in [4.78, 5) is 24.6. The Morgan fingerprint density at radius 1 is 0.966 bits per heavy atom. The van der Waals surface area contributed by atoms with Crippen LogP contribution in [0.5, 0.6) is 0 Å². The van der Waals surface area contributed by atoms with E-state index in [1.807, 2.05) is 68.6 Å². The molecule has 0 unspecified atom stereocenters. The number of carbonyl (C=O) groups excluding carboxylic acids is 1. The highest BCUT2D eigenvalue weighted by atomic mass is 16.1. The Hall–Kier alpha value is -3.54. The molecule has 0 spiro atoms. The average Bonchev–Trinajstić information content (AvgIpc) is 3.09. The summed E-state index contributed by atoms with van der Waals surface area (Å²) in [6.07, 6.45) is 2.30. The third-order valence-corrected chi connectivity index (χ3v) is 4.67. The second kappa shape index (κ2) is 7.83. The van der Waals surface area contributed by atoms with Gasteiger partial charge < -0.3 is 0 Å². The Balaban J connectivity index is 1.86. The Labute approximate surface area is 168 Å². The number of Topliss-reactive ketones (excluding diaryl/α,β-unsaturated/α-hetero) is 1. The van der Waals surface area contributed by atoms with E-state index in [0.29, 0.717) is 12.1 Å². The molecule has 0 saturated heterocycles. The second-order valence-electron chi connectivity index (χ2n) is 7.47. The monoisotopic (exact) mass is 386 g/mol. The summed E-state index contributed by atoms with van der Waals surface area (Å²) in [5.41, 5.74) is 3.79. The molecule has 4 rings (SSSR count). The van der Waals surface area contributed by atoms with E-state index >= 15 is 0 Å². The highest BCUT2D eigenvalue weighted by Crippen LogP contribution is 2.33. The van der Waals surface area contributed by atoms with Gasteiger partial charge in [-0.05, 0) is 24.1 Å². The molecule has 0 amide bonds. The van der Waals surface area contributed by atoms with Crippen molar-refractivity contribution in [3.63, 3.8) is 0 Å². The Morgan fingerprint density at radius 2 is 1.72 bits per heavy atom. The molecule has 0 bridgehead atoms. The van der Waals surface area contributed by atoms with Crippen LogP contribution in [-0.4, -0.2) is 25.2 Å². The van der Waals surface area contributed by atoms with Crippen molar-refractivity contribution in [2.24, 2.45) is 5.92 Å². The number of hydrogen-bond acceptors (Lipinski definition) is 4. The lowest BCUT2D eigenvalue weighted by molar-refractivity contribution is -0.120. The Bertz CT molecular complexity index is 1220. The summed E-state index contributed by atoms with van der Waals surface area (Å²) in [6.45, 7) is 3.94. The number of rotatable bonds is 6. The normalized spacial score (nSPS) is 11.3. The number of carbonyl (C=O) groups is 1. The van der Waals surface area contributed by atoms with Crippen LogP contribution in [0.3, 0.4) is 0 Å². The van der Waals surface area contributed by atoms with E-state index in [1.165, 1.54) is 10.7 Å². The lowest BCUT2D eigenvalue weighted by atomic mass is 10.0. The first-order chi connectivity index (χ1) is 14.0. The molecule has 0 N–H and O–H groups in total. The van der Waals surface area contributed by atoms with Gasteiger partial charge in [-0.2, -0.15) is 10.2 Å². The van der Waals surface area contributed by atoms with Crippen LogP contribution in [0.15, 0.2) is 71.7 Å². The van der Waals surface area contributed by atoms with Gasteiger partial charge in [-0.25, -0.2) is 9.20 Å². The number of ketones is 1. The average molecular weight is 386 g/mol. The summed E-state index contributed by atoms with van der Waals surface area (Å²) in [5.74, 6) is 0.237. The molecular weight excluding hydrogens is 364 g/mol. The molecule has 0 radical (unpaired) electrons. The SMILES string of the molecule is CC(C)CC(=O)Cn1nc(-c2c(-c3ccccc3)nn3ccccc23)ccc1=O. The number of benzene rings is 1. The second-order valence-corrected chi connectivity index (χ2v) is 7.47. The molecule has 0 aliphatic carbocycles. The van der Waals surface area contributed by atoms with Crippen molar-refractivity contribution in [1.29, 1.82) is 0 Å². The minimum atomic E-state index is -0.288. The number of nitrogens with zero attached hydrogens (tertiary/aromatic N) is 4. The molecule has 146 valence electrons. The summed E-state index contributed by atoms with van der Waals surface area (Å²) in [7, 11) is 0. The van der Waals surface area contributed by atoms with Gasteiger partial charge in [0.2, 0.25) is 0 Å². The fraction of sp³-hybridized carbons (Fsp3) is 0.217. The minimum Gasteiger partial charge on any atom is -0.298 e. The maximum Gasteiger partial charge on any atom is 0.267 e. The smallest absolute Gasteiger partial charge is 0.267 e. The molecule has 29 heavy (non-hydrogen) atoms. The molecular formula is C23H22N4O2. The molecule has 6 nitrogen and oxygen atoms in total. The van der Waals surface area contributed by atoms with Crippen molar-refractivity contribution in [2.75, 3.05) is 0 Å². The third-order valence-electron chi connectivity index (χ3n) is 4.67. The molecule has 3 heterocycles. The molecule has 1 aromatic carbocycles. The largest absolute Gasteiger partial charge is 0.298 e. The van der Waals surface area contributed by atoms with Crippen LogP contribution in [0.1, 0.15) is 20.3 Å². The van der Waals surface area contributed by atoms with Gasteiger partial charge in [-0.1, -0.05) is 50.2 Å². The highest BCUT2D eigenvalue weighted by Gasteiger charge is 2.18. The lowest BCUT2D eigenvalue weighted by Gasteiger charge is -2.08. The number of fused-ring (bicyclic) bond motifs is 1. The summed E-state index contributed by atoms with van der Waals surface area (Å²) >= 11 is 0. The molecule has 0 aliphatic rings. The van der Waals surface area contributed by atoms with Crippen molar-refractivity contribution in [3.05, 3.63) is 77.2 Å². The maximum atomic E-state index is 12.3. The van der Waals surface area contributed by atoms with Gasteiger partial charge in [0.25, 0.3) is 5.56 Å². The summed E-state index contributed by atoms with van der Waals surface area (Å²) in [6, 6.07) is 18.8. The predicted molar refractivity (Wildman–Crippen MR) is 113 cm³/mol. The van der Waals surface area contributed by atoms with Gasteiger partial charge in [0, 0.05) is 24.2 Å². The van der Waals surface area contributed by atoms with E-state index in [4.69, 9.17) is 5.10 Å². The maximum absolute atomic E-state index is 12.3. The van der Waals surface area contributed by atoms with E-state index in [-0.39, 0.29) is 23.8 Å². The van der Waals surface area contributed by atoms with Crippen molar-refractivity contribution in [3.8, 4) is 22.5 Å². The molecule has 3 aromatic heterocycles. The van der Waals surface area contributed by atoms with Gasteiger partial charge >= 0.3 is 0 Å². The Morgan fingerprint density at radius 3 is 2.48 bits per heavy atom. The van der Waals surface area contributed by atoms with Crippen molar-refractivity contribution in [1.82, 2.24) is 19.4 Å². The van der Waals surface area contributed by atoms with Crippen molar-refractivity contribution < 1.29 is 4.79 Å². The van der Waals surface area contributed by atoms with Crippen LogP contribution >= 0.6 is 0 Å². The molecule has 6 heteroatoms. The predicted octanol–water partition coefficient (Wildman–Crippen LogP) is 3.84. The van der Waals surface area contributed by atoms with Crippen LogP contribution in [0.2, 0.25) is 0 Å². The standard InChI is InChI=1S/C23H22N4O2/c1-16(2)14-18(28)15-27-21(29)12-11-19(24-27)22-20-10-6-7-13-26(20)25-23(22)17-8-4-3-5-9-17/h3-13,16H,14-15H2,1-2H3. The number of aromatic nitrogens is 4. The van der Waals surface area contributed by atoms with Gasteiger partial charge in [-0.3, -0.25) is 9.59 Å².